The second-order valence-corrected chi connectivity index (χ2v) is 5.37. The molecular formula is C11H13N5S. The average Bonchev–Trinajstić information content (AvgIpc) is 2.36. The minimum atomic E-state index is 0.498. The molecule has 1 aliphatic carbocycles. The van der Waals surface area contributed by atoms with Gasteiger partial charge in [0.15, 0.2) is 5.82 Å². The van der Waals surface area contributed by atoms with Gasteiger partial charge in [0, 0.05) is 23.0 Å². The van der Waals surface area contributed by atoms with Gasteiger partial charge in [-0.15, -0.1) is 0 Å². The molecule has 17 heavy (non-hydrogen) atoms. The maximum atomic E-state index is 6.95. The molecule has 0 amide bonds. The summed E-state index contributed by atoms with van der Waals surface area (Å²) in [7, 11) is 0. The van der Waals surface area contributed by atoms with Gasteiger partial charge in [-0.1, -0.05) is 11.8 Å². The molecule has 5 nitrogen and oxygen atoms in total. The Morgan fingerprint density at radius 2 is 2.35 bits per heavy atom. The van der Waals surface area contributed by atoms with E-state index >= 15 is 0 Å². The fraction of sp³-hybridized carbons (Fsp3) is 0.455. The van der Waals surface area contributed by atoms with Crippen molar-refractivity contribution in [2.75, 3.05) is 11.9 Å². The quantitative estimate of drug-likeness (QED) is 0.788. The largest absolute Gasteiger partial charge is 0.341 e. The highest BCUT2D eigenvalue weighted by Gasteiger charge is 2.26. The number of allylic oxidation sites excluding steroid dienone is 2. The van der Waals surface area contributed by atoms with Crippen molar-refractivity contribution in [2.24, 2.45) is 11.0 Å². The zero-order valence-electron chi connectivity index (χ0n) is 9.31. The minimum Gasteiger partial charge on any atom is -0.341 e. The fourth-order valence-electron chi connectivity index (χ4n) is 2.25. The van der Waals surface area contributed by atoms with Gasteiger partial charge >= 0.3 is 0 Å². The van der Waals surface area contributed by atoms with E-state index in [2.05, 4.69) is 20.4 Å². The summed E-state index contributed by atoms with van der Waals surface area (Å²) < 4.78 is 0. The predicted octanol–water partition coefficient (Wildman–Crippen LogP) is 3.04. The number of hydrogen-bond donors (Lipinski definition) is 2. The lowest BCUT2D eigenvalue weighted by Gasteiger charge is -2.29. The predicted molar refractivity (Wildman–Crippen MR) is 65.9 cm³/mol. The summed E-state index contributed by atoms with van der Waals surface area (Å²) in [5.41, 5.74) is 8.20. The third kappa shape index (κ3) is 2.04. The lowest BCUT2D eigenvalue weighted by molar-refractivity contribution is 0.464. The SMILES string of the molecule is N=NCC1CCC2=C(C1)Nc1nccnc1S2. The van der Waals surface area contributed by atoms with Gasteiger partial charge in [-0.2, -0.15) is 5.11 Å². The Morgan fingerprint density at radius 1 is 1.47 bits per heavy atom. The Morgan fingerprint density at radius 3 is 3.24 bits per heavy atom. The summed E-state index contributed by atoms with van der Waals surface area (Å²) in [6.45, 7) is 0.635. The molecule has 0 saturated carbocycles. The van der Waals surface area contributed by atoms with E-state index in [1.165, 1.54) is 10.6 Å². The van der Waals surface area contributed by atoms with Crippen LogP contribution < -0.4 is 5.32 Å². The first-order valence-corrected chi connectivity index (χ1v) is 6.49. The third-order valence-corrected chi connectivity index (χ3v) is 4.30. The Labute approximate surface area is 104 Å². The van der Waals surface area contributed by atoms with E-state index in [4.69, 9.17) is 5.53 Å². The first kappa shape index (κ1) is 10.7. The van der Waals surface area contributed by atoms with Crippen molar-refractivity contribution in [2.45, 2.75) is 24.3 Å². The maximum absolute atomic E-state index is 6.95. The van der Waals surface area contributed by atoms with Gasteiger partial charge in [0.2, 0.25) is 0 Å². The van der Waals surface area contributed by atoms with Crippen molar-refractivity contribution in [3.63, 3.8) is 0 Å². The lowest BCUT2D eigenvalue weighted by Crippen LogP contribution is -2.19. The van der Waals surface area contributed by atoms with Crippen LogP contribution in [0.15, 0.2) is 33.1 Å². The summed E-state index contributed by atoms with van der Waals surface area (Å²) in [6.07, 6.45) is 6.58. The van der Waals surface area contributed by atoms with Crippen molar-refractivity contribution in [1.82, 2.24) is 9.97 Å². The van der Waals surface area contributed by atoms with Gasteiger partial charge in [0.25, 0.3) is 0 Å². The van der Waals surface area contributed by atoms with E-state index in [-0.39, 0.29) is 0 Å². The first-order chi connectivity index (χ1) is 8.36. The van der Waals surface area contributed by atoms with Crippen LogP contribution in [0.1, 0.15) is 19.3 Å². The van der Waals surface area contributed by atoms with E-state index in [9.17, 15) is 0 Å². The maximum Gasteiger partial charge on any atom is 0.163 e. The Hall–Kier alpha value is -1.43. The molecule has 0 bridgehead atoms. The van der Waals surface area contributed by atoms with Crippen molar-refractivity contribution >= 4 is 17.6 Å². The molecule has 1 aromatic rings. The Kier molecular flexibility index (Phi) is 2.80. The second-order valence-electron chi connectivity index (χ2n) is 4.29. The van der Waals surface area contributed by atoms with E-state index < -0.39 is 0 Å². The molecule has 3 rings (SSSR count). The van der Waals surface area contributed by atoms with Crippen LogP contribution in [0.3, 0.4) is 0 Å². The monoisotopic (exact) mass is 247 g/mol. The molecule has 0 radical (unpaired) electrons. The number of thioether (sulfide) groups is 1. The number of nitrogens with zero attached hydrogens (tertiary/aromatic N) is 3. The van der Waals surface area contributed by atoms with Crippen LogP contribution >= 0.6 is 11.8 Å². The Balaban J connectivity index is 1.82. The van der Waals surface area contributed by atoms with E-state index in [0.29, 0.717) is 12.5 Å². The zero-order chi connectivity index (χ0) is 11.7. The van der Waals surface area contributed by atoms with Gasteiger partial charge in [-0.3, -0.25) is 0 Å². The summed E-state index contributed by atoms with van der Waals surface area (Å²) in [5.74, 6) is 1.36. The van der Waals surface area contributed by atoms with Crippen molar-refractivity contribution in [3.05, 3.63) is 23.0 Å². The fourth-order valence-corrected chi connectivity index (χ4v) is 3.28. The van der Waals surface area contributed by atoms with Crippen molar-refractivity contribution in [1.29, 1.82) is 5.53 Å². The molecule has 1 aliphatic heterocycles. The molecule has 2 aliphatic rings. The van der Waals surface area contributed by atoms with Crippen molar-refractivity contribution in [3.8, 4) is 0 Å². The highest BCUT2D eigenvalue weighted by Crippen LogP contribution is 2.44. The van der Waals surface area contributed by atoms with Crippen LogP contribution in [-0.2, 0) is 0 Å². The summed E-state index contributed by atoms with van der Waals surface area (Å²) >= 11 is 1.73. The topological polar surface area (TPSA) is 74.0 Å². The van der Waals surface area contributed by atoms with Crippen LogP contribution in [0.4, 0.5) is 5.82 Å². The number of nitrogens with one attached hydrogen (secondary N) is 2. The number of hydrogen-bond acceptors (Lipinski definition) is 6. The second kappa shape index (κ2) is 4.44. The molecule has 1 aromatic heterocycles. The third-order valence-electron chi connectivity index (χ3n) is 3.11. The normalized spacial score (nSPS) is 22.5. The molecule has 6 heteroatoms. The number of aromatic nitrogens is 2. The first-order valence-electron chi connectivity index (χ1n) is 5.68. The summed E-state index contributed by atoms with van der Waals surface area (Å²) in [5, 5.41) is 7.84. The molecule has 0 spiro atoms. The highest BCUT2D eigenvalue weighted by atomic mass is 32.2. The van der Waals surface area contributed by atoms with Crippen LogP contribution in [-0.4, -0.2) is 16.5 Å². The molecule has 0 saturated heterocycles. The molecule has 2 N–H and O–H groups in total. The lowest BCUT2D eigenvalue weighted by atomic mass is 9.92. The molecule has 88 valence electrons. The molecule has 1 unspecified atom stereocenters. The van der Waals surface area contributed by atoms with Crippen LogP contribution in [0.5, 0.6) is 0 Å². The molecular weight excluding hydrogens is 234 g/mol. The minimum absolute atomic E-state index is 0.498. The van der Waals surface area contributed by atoms with Crippen LogP contribution in [0.25, 0.3) is 0 Å². The standard InChI is InChI=1S/C11H13N5S/c12-15-6-7-1-2-9-8(5-7)16-10-11(17-9)14-4-3-13-10/h3-4,7,12H,1-2,5-6H2,(H,13,16). The summed E-state index contributed by atoms with van der Waals surface area (Å²) in [6, 6.07) is 0. The molecule has 2 heterocycles. The van der Waals surface area contributed by atoms with Gasteiger partial charge in [-0.25, -0.2) is 15.5 Å². The van der Waals surface area contributed by atoms with E-state index in [1.54, 1.807) is 24.2 Å². The number of anilines is 1. The van der Waals surface area contributed by atoms with Crippen LogP contribution in [0.2, 0.25) is 0 Å². The van der Waals surface area contributed by atoms with Gasteiger partial charge in [0.05, 0.1) is 6.54 Å². The zero-order valence-corrected chi connectivity index (χ0v) is 10.1. The van der Waals surface area contributed by atoms with Gasteiger partial charge < -0.3 is 5.32 Å². The molecule has 0 aromatic carbocycles. The summed E-state index contributed by atoms with van der Waals surface area (Å²) in [4.78, 5) is 9.99. The van der Waals surface area contributed by atoms with Gasteiger partial charge in [0.1, 0.15) is 5.03 Å². The van der Waals surface area contributed by atoms with Gasteiger partial charge in [-0.05, 0) is 25.2 Å². The average molecular weight is 247 g/mol. The van der Waals surface area contributed by atoms with Crippen LogP contribution in [0, 0.1) is 11.4 Å². The van der Waals surface area contributed by atoms with Crippen molar-refractivity contribution < 1.29 is 0 Å². The highest BCUT2D eigenvalue weighted by molar-refractivity contribution is 8.03. The van der Waals surface area contributed by atoms with E-state index in [0.717, 1.165) is 30.1 Å². The molecule has 1 atom stereocenters. The molecule has 0 fully saturated rings. The number of rotatable bonds is 2. The smallest absolute Gasteiger partial charge is 0.163 e. The number of fused-ring (bicyclic) bond motifs is 1. The van der Waals surface area contributed by atoms with E-state index in [1.807, 2.05) is 0 Å². The Bertz CT molecular complexity index is 485.